The molecule has 2 heterocycles. The van der Waals surface area contributed by atoms with E-state index in [1.807, 2.05) is 24.3 Å². The fourth-order valence-corrected chi connectivity index (χ4v) is 2.76. The van der Waals surface area contributed by atoms with Crippen LogP contribution in [0, 0.1) is 5.92 Å². The summed E-state index contributed by atoms with van der Waals surface area (Å²) in [5, 5.41) is 2.82. The first kappa shape index (κ1) is 14.6. The maximum absolute atomic E-state index is 12.1. The third kappa shape index (κ3) is 3.06. The molecule has 1 aliphatic carbocycles. The van der Waals surface area contributed by atoms with Gasteiger partial charge in [0.05, 0.1) is 11.0 Å². The van der Waals surface area contributed by atoms with Crippen molar-refractivity contribution in [2.75, 3.05) is 5.32 Å². The lowest BCUT2D eigenvalue weighted by molar-refractivity contribution is -0.111. The molecule has 0 bridgehead atoms. The molecule has 0 saturated heterocycles. The average Bonchev–Trinajstić information content (AvgIpc) is 3.14. The van der Waals surface area contributed by atoms with Crippen LogP contribution in [0.25, 0.3) is 17.1 Å². The molecule has 1 N–H and O–H groups in total. The summed E-state index contributed by atoms with van der Waals surface area (Å²) in [7, 11) is 0. The van der Waals surface area contributed by atoms with Crippen molar-refractivity contribution in [3.63, 3.8) is 0 Å². The molecule has 2 unspecified atom stereocenters. The van der Waals surface area contributed by atoms with Crippen molar-refractivity contribution in [3.8, 4) is 0 Å². The number of benzene rings is 1. The number of anilines is 1. The minimum atomic E-state index is -0.212. The maximum atomic E-state index is 12.1. The SMILES string of the molecule is CC1CC1c1ccc(C=CC(=O)Nc2ccc3nccnc3c2)o1. The molecule has 24 heavy (non-hydrogen) atoms. The molecule has 4 rings (SSSR count). The third-order valence-corrected chi connectivity index (χ3v) is 4.26. The number of fused-ring (bicyclic) bond motifs is 1. The Morgan fingerprint density at radius 1 is 1.21 bits per heavy atom. The lowest BCUT2D eigenvalue weighted by Gasteiger charge is -2.03. The molecule has 1 amide bonds. The van der Waals surface area contributed by atoms with Crippen LogP contribution in [0.1, 0.15) is 30.8 Å². The van der Waals surface area contributed by atoms with Gasteiger partial charge in [-0.3, -0.25) is 14.8 Å². The second-order valence-electron chi connectivity index (χ2n) is 6.14. The Hall–Kier alpha value is -2.95. The number of furan rings is 1. The Balaban J connectivity index is 1.42. The Morgan fingerprint density at radius 2 is 2.00 bits per heavy atom. The summed E-state index contributed by atoms with van der Waals surface area (Å²) in [6.07, 6.45) is 7.61. The molecular formula is C19H17N3O2. The Bertz CT molecular complexity index is 929. The zero-order valence-corrected chi connectivity index (χ0v) is 13.3. The first-order chi connectivity index (χ1) is 11.7. The molecule has 0 aliphatic heterocycles. The largest absolute Gasteiger partial charge is 0.461 e. The molecule has 0 spiro atoms. The second-order valence-corrected chi connectivity index (χ2v) is 6.14. The summed E-state index contributed by atoms with van der Waals surface area (Å²) in [5.74, 6) is 2.74. The number of amides is 1. The summed E-state index contributed by atoms with van der Waals surface area (Å²) in [6, 6.07) is 9.33. The minimum absolute atomic E-state index is 0.212. The van der Waals surface area contributed by atoms with Crippen molar-refractivity contribution in [1.82, 2.24) is 9.97 Å². The highest BCUT2D eigenvalue weighted by atomic mass is 16.3. The number of carbonyl (C=O) groups is 1. The van der Waals surface area contributed by atoms with Gasteiger partial charge in [-0.15, -0.1) is 0 Å². The lowest BCUT2D eigenvalue weighted by atomic mass is 10.2. The van der Waals surface area contributed by atoms with Gasteiger partial charge in [0.15, 0.2) is 0 Å². The van der Waals surface area contributed by atoms with Gasteiger partial charge in [-0.25, -0.2) is 0 Å². The van der Waals surface area contributed by atoms with Crippen LogP contribution in [-0.2, 0) is 4.79 Å². The van der Waals surface area contributed by atoms with Gasteiger partial charge in [0, 0.05) is 30.1 Å². The number of nitrogens with zero attached hydrogens (tertiary/aromatic N) is 2. The van der Waals surface area contributed by atoms with E-state index >= 15 is 0 Å². The minimum Gasteiger partial charge on any atom is -0.461 e. The van der Waals surface area contributed by atoms with Gasteiger partial charge in [-0.05, 0) is 48.7 Å². The van der Waals surface area contributed by atoms with E-state index in [1.54, 1.807) is 24.5 Å². The number of hydrogen-bond donors (Lipinski definition) is 1. The standard InChI is InChI=1S/C19H17N3O2/c1-12-10-15(12)18-6-3-14(24-18)4-7-19(23)22-13-2-5-16-17(11-13)21-9-8-20-16/h2-9,11-12,15H,10H2,1H3,(H,22,23). The van der Waals surface area contributed by atoms with Gasteiger partial charge >= 0.3 is 0 Å². The second kappa shape index (κ2) is 5.92. The smallest absolute Gasteiger partial charge is 0.248 e. The van der Waals surface area contributed by atoms with Gasteiger partial charge in [0.1, 0.15) is 11.5 Å². The average molecular weight is 319 g/mol. The van der Waals surface area contributed by atoms with Crippen LogP contribution in [0.4, 0.5) is 5.69 Å². The topological polar surface area (TPSA) is 68.0 Å². The van der Waals surface area contributed by atoms with E-state index in [1.165, 1.54) is 12.5 Å². The molecule has 1 aliphatic rings. The summed E-state index contributed by atoms with van der Waals surface area (Å²) in [6.45, 7) is 2.21. The molecule has 3 aromatic rings. The number of aromatic nitrogens is 2. The van der Waals surface area contributed by atoms with Crippen molar-refractivity contribution in [1.29, 1.82) is 0 Å². The summed E-state index contributed by atoms with van der Waals surface area (Å²) < 4.78 is 5.75. The molecule has 1 aromatic carbocycles. The van der Waals surface area contributed by atoms with Gasteiger partial charge < -0.3 is 9.73 Å². The molecule has 1 fully saturated rings. The maximum Gasteiger partial charge on any atom is 0.248 e. The van der Waals surface area contributed by atoms with Gasteiger partial charge in [-0.1, -0.05) is 6.92 Å². The Morgan fingerprint density at radius 3 is 2.79 bits per heavy atom. The molecule has 5 heteroatoms. The van der Waals surface area contributed by atoms with Crippen molar-refractivity contribution in [2.24, 2.45) is 5.92 Å². The van der Waals surface area contributed by atoms with Crippen LogP contribution in [0.15, 0.2) is 53.2 Å². The van der Waals surface area contributed by atoms with Crippen LogP contribution in [0.3, 0.4) is 0 Å². The first-order valence-corrected chi connectivity index (χ1v) is 7.98. The summed E-state index contributed by atoms with van der Waals surface area (Å²) in [4.78, 5) is 20.5. The van der Waals surface area contributed by atoms with Crippen molar-refractivity contribution in [3.05, 3.63) is 60.3 Å². The van der Waals surface area contributed by atoms with Crippen LogP contribution in [0.5, 0.6) is 0 Å². The van der Waals surface area contributed by atoms with E-state index in [0.29, 0.717) is 23.3 Å². The van der Waals surface area contributed by atoms with Gasteiger partial charge in [0.2, 0.25) is 5.91 Å². The lowest BCUT2D eigenvalue weighted by Crippen LogP contribution is -2.07. The number of rotatable bonds is 4. The highest BCUT2D eigenvalue weighted by molar-refractivity contribution is 6.02. The monoisotopic (exact) mass is 319 g/mol. The highest BCUT2D eigenvalue weighted by Gasteiger charge is 2.36. The molecule has 2 aromatic heterocycles. The van der Waals surface area contributed by atoms with Crippen molar-refractivity contribution < 1.29 is 9.21 Å². The van der Waals surface area contributed by atoms with Crippen molar-refractivity contribution in [2.45, 2.75) is 19.3 Å². The van der Waals surface area contributed by atoms with Crippen LogP contribution in [-0.4, -0.2) is 15.9 Å². The van der Waals surface area contributed by atoms with E-state index in [4.69, 9.17) is 4.42 Å². The number of hydrogen-bond acceptors (Lipinski definition) is 4. The van der Waals surface area contributed by atoms with E-state index < -0.39 is 0 Å². The van der Waals surface area contributed by atoms with Gasteiger partial charge in [-0.2, -0.15) is 0 Å². The molecular weight excluding hydrogens is 302 g/mol. The van der Waals surface area contributed by atoms with E-state index in [-0.39, 0.29) is 5.91 Å². The van der Waals surface area contributed by atoms with Crippen molar-refractivity contribution >= 4 is 28.7 Å². The molecule has 120 valence electrons. The zero-order valence-electron chi connectivity index (χ0n) is 13.3. The predicted molar refractivity (Wildman–Crippen MR) is 92.4 cm³/mol. The first-order valence-electron chi connectivity index (χ1n) is 7.98. The van der Waals surface area contributed by atoms with Crippen LogP contribution in [0.2, 0.25) is 0 Å². The molecule has 0 radical (unpaired) electrons. The zero-order chi connectivity index (χ0) is 16.5. The quantitative estimate of drug-likeness (QED) is 0.738. The van der Waals surface area contributed by atoms with E-state index in [0.717, 1.165) is 16.8 Å². The molecule has 2 atom stereocenters. The third-order valence-electron chi connectivity index (χ3n) is 4.26. The Kier molecular flexibility index (Phi) is 3.61. The fourth-order valence-electron chi connectivity index (χ4n) is 2.76. The fraction of sp³-hybridized carbons (Fsp3) is 0.211. The van der Waals surface area contributed by atoms with E-state index in [2.05, 4.69) is 22.2 Å². The normalized spacial score (nSPS) is 19.7. The van der Waals surface area contributed by atoms with Crippen LogP contribution < -0.4 is 5.32 Å². The predicted octanol–water partition coefficient (Wildman–Crippen LogP) is 4.00. The molecule has 5 nitrogen and oxygen atoms in total. The Labute approximate surface area is 139 Å². The van der Waals surface area contributed by atoms with E-state index in [9.17, 15) is 4.79 Å². The summed E-state index contributed by atoms with van der Waals surface area (Å²) >= 11 is 0. The highest BCUT2D eigenvalue weighted by Crippen LogP contribution is 2.47. The van der Waals surface area contributed by atoms with Gasteiger partial charge in [0.25, 0.3) is 0 Å². The van der Waals surface area contributed by atoms with Crippen LogP contribution >= 0.6 is 0 Å². The number of carbonyl (C=O) groups excluding carboxylic acids is 1. The summed E-state index contributed by atoms with van der Waals surface area (Å²) in [5.41, 5.74) is 2.22. The molecule has 1 saturated carbocycles. The number of nitrogens with one attached hydrogen (secondary N) is 1.